The zero-order valence-electron chi connectivity index (χ0n) is 13.2. The van der Waals surface area contributed by atoms with E-state index in [4.69, 9.17) is 5.11 Å². The van der Waals surface area contributed by atoms with Gasteiger partial charge in [0.15, 0.2) is 0 Å². The van der Waals surface area contributed by atoms with Crippen molar-refractivity contribution >= 4 is 27.5 Å². The van der Waals surface area contributed by atoms with Crippen molar-refractivity contribution in [3.05, 3.63) is 45.8 Å². The van der Waals surface area contributed by atoms with E-state index in [9.17, 15) is 9.59 Å². The van der Waals surface area contributed by atoms with Crippen LogP contribution >= 0.6 is 11.3 Å². The zero-order valence-corrected chi connectivity index (χ0v) is 14.0. The molecule has 0 aromatic carbocycles. The molecule has 0 spiro atoms. The Morgan fingerprint density at radius 1 is 1.33 bits per heavy atom. The normalized spacial score (nSPS) is 11.0. The molecular weight excluding hydrogens is 326 g/mol. The third kappa shape index (κ3) is 3.21. The van der Waals surface area contributed by atoms with Crippen molar-refractivity contribution in [2.45, 2.75) is 32.7 Å². The minimum Gasteiger partial charge on any atom is -0.481 e. The molecule has 3 heterocycles. The first kappa shape index (κ1) is 16.3. The summed E-state index contributed by atoms with van der Waals surface area (Å²) in [7, 11) is 0. The van der Waals surface area contributed by atoms with E-state index in [0.29, 0.717) is 24.2 Å². The molecule has 0 saturated carbocycles. The first-order chi connectivity index (χ1) is 11.6. The highest BCUT2D eigenvalue weighted by Crippen LogP contribution is 2.25. The first-order valence-electron chi connectivity index (χ1n) is 7.75. The van der Waals surface area contributed by atoms with Gasteiger partial charge >= 0.3 is 5.97 Å². The molecule has 0 aliphatic carbocycles. The van der Waals surface area contributed by atoms with Gasteiger partial charge in [-0.1, -0.05) is 6.92 Å². The van der Waals surface area contributed by atoms with E-state index in [1.807, 2.05) is 13.0 Å². The van der Waals surface area contributed by atoms with E-state index in [0.717, 1.165) is 21.7 Å². The van der Waals surface area contributed by atoms with E-state index in [-0.39, 0.29) is 12.0 Å². The number of nitrogens with zero attached hydrogens (tertiary/aromatic N) is 3. The fourth-order valence-corrected chi connectivity index (χ4v) is 3.51. The van der Waals surface area contributed by atoms with Gasteiger partial charge < -0.3 is 5.11 Å². The molecule has 0 aliphatic heterocycles. The van der Waals surface area contributed by atoms with Crippen LogP contribution < -0.4 is 5.56 Å². The molecule has 6 nitrogen and oxygen atoms in total. The van der Waals surface area contributed by atoms with Crippen molar-refractivity contribution in [2.75, 3.05) is 0 Å². The van der Waals surface area contributed by atoms with Crippen molar-refractivity contribution in [1.29, 1.82) is 0 Å². The van der Waals surface area contributed by atoms with Crippen LogP contribution in [0.15, 0.2) is 35.4 Å². The van der Waals surface area contributed by atoms with Crippen LogP contribution in [0.4, 0.5) is 0 Å². The standard InChI is InChI=1S/C17H17N3O3S/c1-2-12-10-13-16(24-12)19-15(11-5-7-18-8-6-11)20(17(13)23)9-3-4-14(21)22/h5-8,10H,2-4,9H2,1H3,(H,21,22). The predicted molar refractivity (Wildman–Crippen MR) is 93.4 cm³/mol. The fourth-order valence-electron chi connectivity index (χ4n) is 2.56. The highest BCUT2D eigenvalue weighted by atomic mass is 32.1. The minimum absolute atomic E-state index is 0.0180. The molecule has 124 valence electrons. The van der Waals surface area contributed by atoms with Gasteiger partial charge in [0.25, 0.3) is 5.56 Å². The first-order valence-corrected chi connectivity index (χ1v) is 8.57. The lowest BCUT2D eigenvalue weighted by Gasteiger charge is -2.11. The molecule has 0 radical (unpaired) electrons. The van der Waals surface area contributed by atoms with E-state index in [1.165, 1.54) is 11.3 Å². The summed E-state index contributed by atoms with van der Waals surface area (Å²) in [5.41, 5.74) is 0.680. The van der Waals surface area contributed by atoms with Gasteiger partial charge in [0.1, 0.15) is 10.7 Å². The maximum absolute atomic E-state index is 12.9. The Bertz CT molecular complexity index is 931. The predicted octanol–water partition coefficient (Wildman–Crippen LogP) is 2.95. The Morgan fingerprint density at radius 2 is 2.08 bits per heavy atom. The van der Waals surface area contributed by atoms with Gasteiger partial charge in [0, 0.05) is 35.8 Å². The van der Waals surface area contributed by atoms with E-state index >= 15 is 0 Å². The van der Waals surface area contributed by atoms with Crippen LogP contribution in [0.1, 0.15) is 24.6 Å². The largest absolute Gasteiger partial charge is 0.481 e. The number of rotatable bonds is 6. The highest BCUT2D eigenvalue weighted by Gasteiger charge is 2.15. The van der Waals surface area contributed by atoms with Crippen molar-refractivity contribution in [1.82, 2.24) is 14.5 Å². The summed E-state index contributed by atoms with van der Waals surface area (Å²) in [6, 6.07) is 5.49. The average Bonchev–Trinajstić information content (AvgIpc) is 3.01. The molecule has 0 saturated heterocycles. The Hall–Kier alpha value is -2.54. The van der Waals surface area contributed by atoms with Crippen molar-refractivity contribution in [3.63, 3.8) is 0 Å². The fraction of sp³-hybridized carbons (Fsp3) is 0.294. The molecule has 0 fully saturated rings. The maximum Gasteiger partial charge on any atom is 0.303 e. The van der Waals surface area contributed by atoms with Gasteiger partial charge in [-0.25, -0.2) is 4.98 Å². The third-order valence-electron chi connectivity index (χ3n) is 3.76. The van der Waals surface area contributed by atoms with Crippen molar-refractivity contribution in [3.8, 4) is 11.4 Å². The monoisotopic (exact) mass is 343 g/mol. The topological polar surface area (TPSA) is 85.1 Å². The van der Waals surface area contributed by atoms with Crippen LogP contribution in [0.2, 0.25) is 0 Å². The number of aliphatic carboxylic acids is 1. The molecule has 3 aromatic rings. The zero-order chi connectivity index (χ0) is 17.1. The van der Waals surface area contributed by atoms with E-state index in [1.54, 1.807) is 29.1 Å². The second-order valence-electron chi connectivity index (χ2n) is 5.41. The lowest BCUT2D eigenvalue weighted by molar-refractivity contribution is -0.137. The molecular formula is C17H17N3O3S. The maximum atomic E-state index is 12.9. The number of aromatic nitrogens is 3. The number of fused-ring (bicyclic) bond motifs is 1. The summed E-state index contributed by atoms with van der Waals surface area (Å²) in [5, 5.41) is 9.45. The Morgan fingerprint density at radius 3 is 2.75 bits per heavy atom. The molecule has 1 N–H and O–H groups in total. The quantitative estimate of drug-likeness (QED) is 0.744. The van der Waals surface area contributed by atoms with Gasteiger partial charge in [-0.05, 0) is 31.0 Å². The molecule has 3 aromatic heterocycles. The molecule has 0 atom stereocenters. The molecule has 0 bridgehead atoms. The number of aryl methyl sites for hydroxylation is 1. The Labute approximate surface area is 142 Å². The second-order valence-corrected chi connectivity index (χ2v) is 6.53. The number of carbonyl (C=O) groups is 1. The molecule has 0 unspecified atom stereocenters. The van der Waals surface area contributed by atoms with Crippen molar-refractivity contribution < 1.29 is 9.90 Å². The molecule has 0 aliphatic rings. The Balaban J connectivity index is 2.15. The summed E-state index contributed by atoms with van der Waals surface area (Å²) in [5.74, 6) is -0.309. The number of hydrogen-bond donors (Lipinski definition) is 1. The Kier molecular flexibility index (Phi) is 4.71. The van der Waals surface area contributed by atoms with Gasteiger partial charge in [-0.3, -0.25) is 19.1 Å². The van der Waals surface area contributed by atoms with Gasteiger partial charge in [-0.15, -0.1) is 11.3 Å². The van der Waals surface area contributed by atoms with Crippen LogP contribution in [0.25, 0.3) is 21.6 Å². The summed E-state index contributed by atoms with van der Waals surface area (Å²) in [6.45, 7) is 2.36. The lowest BCUT2D eigenvalue weighted by atomic mass is 10.2. The number of carboxylic acid groups (broad SMARTS) is 1. The third-order valence-corrected chi connectivity index (χ3v) is 4.93. The van der Waals surface area contributed by atoms with Crippen LogP contribution in [-0.2, 0) is 17.8 Å². The van der Waals surface area contributed by atoms with Crippen LogP contribution in [0.3, 0.4) is 0 Å². The number of pyridine rings is 1. The molecule has 7 heteroatoms. The second kappa shape index (κ2) is 6.92. The molecule has 3 rings (SSSR count). The number of carboxylic acids is 1. The van der Waals surface area contributed by atoms with Crippen LogP contribution in [-0.4, -0.2) is 25.6 Å². The summed E-state index contributed by atoms with van der Waals surface area (Å²) < 4.78 is 1.58. The average molecular weight is 343 g/mol. The van der Waals surface area contributed by atoms with Crippen LogP contribution in [0.5, 0.6) is 0 Å². The van der Waals surface area contributed by atoms with Crippen LogP contribution in [0, 0.1) is 0 Å². The summed E-state index contributed by atoms with van der Waals surface area (Å²) in [6.07, 6.45) is 4.55. The minimum atomic E-state index is -0.869. The lowest BCUT2D eigenvalue weighted by Crippen LogP contribution is -2.23. The van der Waals surface area contributed by atoms with Gasteiger partial charge in [0.2, 0.25) is 0 Å². The molecule has 0 amide bonds. The SMILES string of the molecule is CCc1cc2c(=O)n(CCCC(=O)O)c(-c3ccncc3)nc2s1. The van der Waals surface area contributed by atoms with Gasteiger partial charge in [0.05, 0.1) is 5.39 Å². The number of hydrogen-bond acceptors (Lipinski definition) is 5. The van der Waals surface area contributed by atoms with E-state index < -0.39 is 5.97 Å². The smallest absolute Gasteiger partial charge is 0.303 e. The summed E-state index contributed by atoms with van der Waals surface area (Å²) in [4.78, 5) is 34.2. The van der Waals surface area contributed by atoms with Crippen molar-refractivity contribution in [2.24, 2.45) is 0 Å². The van der Waals surface area contributed by atoms with E-state index in [2.05, 4.69) is 9.97 Å². The highest BCUT2D eigenvalue weighted by molar-refractivity contribution is 7.18. The van der Waals surface area contributed by atoms with Gasteiger partial charge in [-0.2, -0.15) is 0 Å². The molecule has 24 heavy (non-hydrogen) atoms. The summed E-state index contributed by atoms with van der Waals surface area (Å²) >= 11 is 1.52. The number of thiophene rings is 1.